The van der Waals surface area contributed by atoms with E-state index >= 15 is 0 Å². The highest BCUT2D eigenvalue weighted by Crippen LogP contribution is 2.26. The van der Waals surface area contributed by atoms with E-state index in [4.69, 9.17) is 14.5 Å². The van der Waals surface area contributed by atoms with Crippen LogP contribution < -0.4 is 10.6 Å². The highest BCUT2D eigenvalue weighted by molar-refractivity contribution is 14.0. The van der Waals surface area contributed by atoms with Gasteiger partial charge in [0.15, 0.2) is 5.96 Å². The van der Waals surface area contributed by atoms with Crippen LogP contribution in [0.25, 0.3) is 0 Å². The summed E-state index contributed by atoms with van der Waals surface area (Å²) in [6.45, 7) is 8.00. The van der Waals surface area contributed by atoms with Gasteiger partial charge in [-0.25, -0.2) is 8.42 Å². The molecule has 0 aromatic carbocycles. The number of nitrogens with zero attached hydrogens (tertiary/aromatic N) is 2. The SMILES string of the molecule is CCNC(=NCC(c1cccs1)N1CCOCC1)NCCOCCS(C)(=O)=O.I. The Balaban J connectivity index is 0.00000420. The van der Waals surface area contributed by atoms with Crippen LogP contribution in [0.2, 0.25) is 0 Å². The predicted molar refractivity (Wildman–Crippen MR) is 129 cm³/mol. The normalized spacial score (nSPS) is 16.8. The van der Waals surface area contributed by atoms with Gasteiger partial charge in [-0.2, -0.15) is 0 Å². The van der Waals surface area contributed by atoms with Crippen LogP contribution in [0.5, 0.6) is 0 Å². The lowest BCUT2D eigenvalue weighted by Gasteiger charge is -2.33. The monoisotopic (exact) mass is 560 g/mol. The highest BCUT2D eigenvalue weighted by atomic mass is 127. The number of thiophene rings is 1. The lowest BCUT2D eigenvalue weighted by molar-refractivity contribution is 0.0186. The average molecular weight is 561 g/mol. The van der Waals surface area contributed by atoms with Crippen LogP contribution >= 0.6 is 35.3 Å². The second kappa shape index (κ2) is 14.5. The second-order valence-electron chi connectivity index (χ2n) is 6.57. The topological polar surface area (TPSA) is 92.3 Å². The van der Waals surface area contributed by atoms with E-state index in [9.17, 15) is 8.42 Å². The van der Waals surface area contributed by atoms with Gasteiger partial charge in [0.25, 0.3) is 0 Å². The van der Waals surface area contributed by atoms with Crippen molar-refractivity contribution >= 4 is 51.1 Å². The standard InChI is InChI=1S/C18H32N4O4S2.HI/c1-3-19-18(20-6-9-25-12-14-28(2,23)24)21-15-16(17-5-4-13-27-17)22-7-10-26-11-8-22;/h4-5,13,16H,3,6-12,14-15H2,1-2H3,(H2,19,20,21);1H. The molecule has 29 heavy (non-hydrogen) atoms. The van der Waals surface area contributed by atoms with Crippen molar-refractivity contribution < 1.29 is 17.9 Å². The Labute approximate surface area is 195 Å². The maximum Gasteiger partial charge on any atom is 0.191 e. The van der Waals surface area contributed by atoms with E-state index in [-0.39, 0.29) is 42.4 Å². The Hall–Kier alpha value is -0.470. The molecule has 1 unspecified atom stereocenters. The Morgan fingerprint density at radius 1 is 1.34 bits per heavy atom. The number of guanidine groups is 1. The fourth-order valence-corrected chi connectivity index (χ4v) is 4.10. The smallest absolute Gasteiger partial charge is 0.191 e. The number of rotatable bonds is 11. The molecule has 0 aliphatic carbocycles. The molecule has 2 rings (SSSR count). The molecule has 2 N–H and O–H groups in total. The predicted octanol–water partition coefficient (Wildman–Crippen LogP) is 1.36. The highest BCUT2D eigenvalue weighted by Gasteiger charge is 2.23. The number of sulfone groups is 1. The Bertz CT molecular complexity index is 680. The number of halogens is 1. The molecule has 1 atom stereocenters. The molecule has 0 radical (unpaired) electrons. The summed E-state index contributed by atoms with van der Waals surface area (Å²) in [6.07, 6.45) is 1.21. The molecule has 1 aliphatic rings. The first-order valence-corrected chi connectivity index (χ1v) is 12.6. The molecule has 2 heterocycles. The maximum absolute atomic E-state index is 11.1. The van der Waals surface area contributed by atoms with Gasteiger partial charge in [0.05, 0.1) is 44.8 Å². The van der Waals surface area contributed by atoms with Crippen molar-refractivity contribution in [1.82, 2.24) is 15.5 Å². The van der Waals surface area contributed by atoms with Crippen LogP contribution in [-0.4, -0.2) is 90.4 Å². The van der Waals surface area contributed by atoms with Crippen LogP contribution in [0, 0.1) is 0 Å². The average Bonchev–Trinajstić information content (AvgIpc) is 3.19. The van der Waals surface area contributed by atoms with Gasteiger partial charge >= 0.3 is 0 Å². The molecule has 1 aliphatic heterocycles. The van der Waals surface area contributed by atoms with Gasteiger partial charge in [0, 0.05) is 37.3 Å². The van der Waals surface area contributed by atoms with Gasteiger partial charge in [-0.15, -0.1) is 35.3 Å². The number of ether oxygens (including phenoxy) is 2. The van der Waals surface area contributed by atoms with Crippen molar-refractivity contribution in [3.63, 3.8) is 0 Å². The van der Waals surface area contributed by atoms with E-state index in [2.05, 4.69) is 33.0 Å². The van der Waals surface area contributed by atoms with Gasteiger partial charge in [0.1, 0.15) is 9.84 Å². The number of morpholine rings is 1. The number of hydrogen-bond donors (Lipinski definition) is 2. The van der Waals surface area contributed by atoms with E-state index in [0.29, 0.717) is 19.7 Å². The second-order valence-corrected chi connectivity index (χ2v) is 9.81. The van der Waals surface area contributed by atoms with Crippen LogP contribution in [0.3, 0.4) is 0 Å². The molecule has 0 bridgehead atoms. The van der Waals surface area contributed by atoms with Gasteiger partial charge in [-0.3, -0.25) is 9.89 Å². The Morgan fingerprint density at radius 3 is 2.72 bits per heavy atom. The minimum absolute atomic E-state index is 0. The summed E-state index contributed by atoms with van der Waals surface area (Å²) in [5.41, 5.74) is 0. The van der Waals surface area contributed by atoms with Crippen LogP contribution in [0.15, 0.2) is 22.5 Å². The van der Waals surface area contributed by atoms with Crippen LogP contribution in [-0.2, 0) is 19.3 Å². The molecule has 1 aromatic heterocycles. The van der Waals surface area contributed by atoms with Crippen molar-refractivity contribution in [3.8, 4) is 0 Å². The molecule has 1 saturated heterocycles. The minimum atomic E-state index is -2.98. The number of aliphatic imine (C=N–C) groups is 1. The van der Waals surface area contributed by atoms with Gasteiger partial charge < -0.3 is 20.1 Å². The third-order valence-electron chi connectivity index (χ3n) is 4.26. The van der Waals surface area contributed by atoms with Crippen molar-refractivity contribution in [3.05, 3.63) is 22.4 Å². The molecule has 0 saturated carbocycles. The van der Waals surface area contributed by atoms with Crippen LogP contribution in [0.1, 0.15) is 17.8 Å². The summed E-state index contributed by atoms with van der Waals surface area (Å²) in [5.74, 6) is 0.785. The van der Waals surface area contributed by atoms with Gasteiger partial charge in [-0.05, 0) is 18.4 Å². The number of nitrogens with one attached hydrogen (secondary N) is 2. The zero-order valence-corrected chi connectivity index (χ0v) is 21.1. The first-order chi connectivity index (χ1) is 13.5. The zero-order chi connectivity index (χ0) is 20.2. The third kappa shape index (κ3) is 10.9. The van der Waals surface area contributed by atoms with Gasteiger partial charge in [0.2, 0.25) is 0 Å². The van der Waals surface area contributed by atoms with E-state index in [1.54, 1.807) is 11.3 Å². The van der Waals surface area contributed by atoms with E-state index in [0.717, 1.165) is 38.8 Å². The largest absolute Gasteiger partial charge is 0.379 e. The van der Waals surface area contributed by atoms with Crippen LogP contribution in [0.4, 0.5) is 0 Å². The van der Waals surface area contributed by atoms with Crippen molar-refractivity contribution in [2.24, 2.45) is 4.99 Å². The fourth-order valence-electron chi connectivity index (χ4n) is 2.83. The molecular weight excluding hydrogens is 527 g/mol. The summed E-state index contributed by atoms with van der Waals surface area (Å²) in [6, 6.07) is 4.48. The lowest BCUT2D eigenvalue weighted by atomic mass is 10.2. The maximum atomic E-state index is 11.1. The molecule has 1 aromatic rings. The molecule has 0 amide bonds. The van der Waals surface area contributed by atoms with Gasteiger partial charge in [-0.1, -0.05) is 6.07 Å². The first-order valence-electron chi connectivity index (χ1n) is 9.62. The lowest BCUT2D eigenvalue weighted by Crippen LogP contribution is -2.42. The summed E-state index contributed by atoms with van der Waals surface area (Å²) in [5, 5.41) is 8.60. The Kier molecular flexibility index (Phi) is 13.3. The molecule has 11 heteroatoms. The summed E-state index contributed by atoms with van der Waals surface area (Å²) >= 11 is 1.76. The fraction of sp³-hybridized carbons (Fsp3) is 0.722. The van der Waals surface area contributed by atoms with E-state index < -0.39 is 9.84 Å². The third-order valence-corrected chi connectivity index (χ3v) is 6.14. The van der Waals surface area contributed by atoms with Crippen molar-refractivity contribution in [2.45, 2.75) is 13.0 Å². The van der Waals surface area contributed by atoms with E-state index in [1.165, 1.54) is 11.1 Å². The molecule has 8 nitrogen and oxygen atoms in total. The molecule has 168 valence electrons. The zero-order valence-electron chi connectivity index (χ0n) is 17.1. The van der Waals surface area contributed by atoms with E-state index in [1.807, 2.05) is 6.92 Å². The Morgan fingerprint density at radius 2 is 2.10 bits per heavy atom. The molecule has 1 fully saturated rings. The minimum Gasteiger partial charge on any atom is -0.379 e. The summed E-state index contributed by atoms with van der Waals surface area (Å²) in [7, 11) is -2.98. The summed E-state index contributed by atoms with van der Waals surface area (Å²) in [4.78, 5) is 8.51. The quantitative estimate of drug-likeness (QED) is 0.183. The van der Waals surface area contributed by atoms with Crippen molar-refractivity contribution in [1.29, 1.82) is 0 Å². The first kappa shape index (κ1) is 26.6. The molecule has 0 spiro atoms. The molecular formula is C18H33IN4O4S2. The van der Waals surface area contributed by atoms with Crippen molar-refractivity contribution in [2.75, 3.05) is 71.2 Å². The number of hydrogen-bond acceptors (Lipinski definition) is 7. The summed E-state index contributed by atoms with van der Waals surface area (Å²) < 4.78 is 33.1.